The van der Waals surface area contributed by atoms with E-state index in [4.69, 9.17) is 4.74 Å². The summed E-state index contributed by atoms with van der Waals surface area (Å²) in [6.45, 7) is 6.29. The summed E-state index contributed by atoms with van der Waals surface area (Å²) in [7, 11) is 0. The van der Waals surface area contributed by atoms with Crippen LogP contribution in [0.2, 0.25) is 0 Å². The molecule has 0 aromatic carbocycles. The molecular weight excluding hydrogens is 296 g/mol. The fraction of sp³-hybridized carbons (Fsp3) is 0.941. The maximum absolute atomic E-state index is 12.5. The van der Waals surface area contributed by atoms with Crippen molar-refractivity contribution in [1.82, 2.24) is 10.2 Å². The number of aliphatic hydroxyl groups is 2. The van der Waals surface area contributed by atoms with Crippen LogP contribution >= 0.6 is 0 Å². The summed E-state index contributed by atoms with van der Waals surface area (Å²) in [5, 5.41) is 22.0. The Balaban J connectivity index is 2.01. The van der Waals surface area contributed by atoms with Crippen LogP contribution < -0.4 is 5.32 Å². The first-order valence-corrected chi connectivity index (χ1v) is 8.83. The number of carbonyl (C=O) groups is 1. The molecule has 0 radical (unpaired) electrons. The zero-order valence-electron chi connectivity index (χ0n) is 14.6. The highest BCUT2D eigenvalue weighted by Gasteiger charge is 2.42. The van der Waals surface area contributed by atoms with E-state index >= 15 is 0 Å². The van der Waals surface area contributed by atoms with Crippen LogP contribution in [0.3, 0.4) is 0 Å². The average molecular weight is 328 g/mol. The van der Waals surface area contributed by atoms with Crippen LogP contribution in [0.25, 0.3) is 0 Å². The van der Waals surface area contributed by atoms with Crippen molar-refractivity contribution in [2.24, 2.45) is 5.92 Å². The van der Waals surface area contributed by atoms with Crippen LogP contribution in [0.5, 0.6) is 0 Å². The molecule has 23 heavy (non-hydrogen) atoms. The Labute approximate surface area is 139 Å². The Morgan fingerprint density at radius 1 is 1.22 bits per heavy atom. The Morgan fingerprint density at radius 3 is 2.52 bits per heavy atom. The molecule has 0 spiro atoms. The number of likely N-dealkylation sites (tertiary alicyclic amines) is 1. The number of carbonyl (C=O) groups excluding carboxylic acids is 1. The smallest absolute Gasteiger partial charge is 0.410 e. The van der Waals surface area contributed by atoms with Crippen molar-refractivity contribution < 1.29 is 19.7 Å². The molecule has 0 aromatic heterocycles. The second-order valence-corrected chi connectivity index (χ2v) is 7.81. The molecule has 134 valence electrons. The number of hydrogen-bond donors (Lipinski definition) is 3. The minimum Gasteiger partial charge on any atom is -0.444 e. The molecule has 3 N–H and O–H groups in total. The normalized spacial score (nSPS) is 28.6. The van der Waals surface area contributed by atoms with Crippen LogP contribution in [-0.4, -0.2) is 64.7 Å². The van der Waals surface area contributed by atoms with Crippen LogP contribution in [0, 0.1) is 5.92 Å². The number of rotatable bonds is 5. The molecule has 3 unspecified atom stereocenters. The fourth-order valence-electron chi connectivity index (χ4n) is 3.91. The summed E-state index contributed by atoms with van der Waals surface area (Å²) in [4.78, 5) is 14.4. The Morgan fingerprint density at radius 2 is 1.91 bits per heavy atom. The monoisotopic (exact) mass is 328 g/mol. The standard InChI is InChI=1S/C17H32N2O4/c1-17(2,3)23-16(22)19-9-5-8-15(19)13-6-4-7-14(13)18-12(10-20)11-21/h12-15,18,20-21H,4-11H2,1-3H3. The van der Waals surface area contributed by atoms with E-state index in [-0.39, 0.29) is 37.4 Å². The summed E-state index contributed by atoms with van der Waals surface area (Å²) >= 11 is 0. The van der Waals surface area contributed by atoms with E-state index in [0.29, 0.717) is 5.92 Å². The lowest BCUT2D eigenvalue weighted by Gasteiger charge is -2.35. The largest absolute Gasteiger partial charge is 0.444 e. The third kappa shape index (κ3) is 4.81. The van der Waals surface area contributed by atoms with Gasteiger partial charge in [-0.05, 0) is 52.4 Å². The lowest BCUT2D eigenvalue weighted by atomic mass is 9.92. The van der Waals surface area contributed by atoms with E-state index in [1.165, 1.54) is 0 Å². The van der Waals surface area contributed by atoms with Gasteiger partial charge in [0.15, 0.2) is 0 Å². The van der Waals surface area contributed by atoms with Gasteiger partial charge in [-0.3, -0.25) is 0 Å². The van der Waals surface area contributed by atoms with Crippen molar-refractivity contribution in [3.8, 4) is 0 Å². The highest BCUT2D eigenvalue weighted by atomic mass is 16.6. The van der Waals surface area contributed by atoms with E-state index in [9.17, 15) is 15.0 Å². The fourth-order valence-corrected chi connectivity index (χ4v) is 3.91. The first-order chi connectivity index (χ1) is 10.9. The maximum Gasteiger partial charge on any atom is 0.410 e. The molecule has 2 rings (SSSR count). The molecule has 1 heterocycles. The maximum atomic E-state index is 12.5. The third-order valence-electron chi connectivity index (χ3n) is 4.88. The number of ether oxygens (including phenoxy) is 1. The highest BCUT2D eigenvalue weighted by Crippen LogP contribution is 2.36. The lowest BCUT2D eigenvalue weighted by Crippen LogP contribution is -2.51. The predicted octanol–water partition coefficient (Wildman–Crippen LogP) is 1.50. The van der Waals surface area contributed by atoms with Crippen molar-refractivity contribution >= 4 is 6.09 Å². The van der Waals surface area contributed by atoms with Crippen LogP contribution in [0.15, 0.2) is 0 Å². The van der Waals surface area contributed by atoms with Gasteiger partial charge in [-0.15, -0.1) is 0 Å². The number of hydrogen-bond acceptors (Lipinski definition) is 5. The van der Waals surface area contributed by atoms with E-state index in [1.54, 1.807) is 0 Å². The second kappa shape index (κ2) is 7.81. The SMILES string of the molecule is CC(C)(C)OC(=O)N1CCCC1C1CCCC1NC(CO)CO. The van der Waals surface area contributed by atoms with Gasteiger partial charge in [0.1, 0.15) is 5.60 Å². The van der Waals surface area contributed by atoms with Gasteiger partial charge in [-0.1, -0.05) is 6.42 Å². The van der Waals surface area contributed by atoms with Crippen LogP contribution in [-0.2, 0) is 4.74 Å². The molecule has 2 fully saturated rings. The van der Waals surface area contributed by atoms with Crippen molar-refractivity contribution in [1.29, 1.82) is 0 Å². The number of nitrogens with zero attached hydrogens (tertiary/aromatic N) is 1. The molecule has 3 atom stereocenters. The number of aliphatic hydroxyl groups excluding tert-OH is 2. The summed E-state index contributed by atoms with van der Waals surface area (Å²) in [5.74, 6) is 0.366. The molecular formula is C17H32N2O4. The van der Waals surface area contributed by atoms with Crippen molar-refractivity contribution in [2.45, 2.75) is 76.6 Å². The Kier molecular flexibility index (Phi) is 6.28. The van der Waals surface area contributed by atoms with Gasteiger partial charge in [0.25, 0.3) is 0 Å². The van der Waals surface area contributed by atoms with Gasteiger partial charge in [0, 0.05) is 18.6 Å². The van der Waals surface area contributed by atoms with Crippen molar-refractivity contribution in [3.63, 3.8) is 0 Å². The van der Waals surface area contributed by atoms with E-state index in [0.717, 1.165) is 38.6 Å². The van der Waals surface area contributed by atoms with Gasteiger partial charge in [-0.25, -0.2) is 4.79 Å². The van der Waals surface area contributed by atoms with E-state index in [1.807, 2.05) is 25.7 Å². The summed E-state index contributed by atoms with van der Waals surface area (Å²) in [5.41, 5.74) is -0.476. The molecule has 0 aromatic rings. The van der Waals surface area contributed by atoms with Gasteiger partial charge in [-0.2, -0.15) is 0 Å². The zero-order chi connectivity index (χ0) is 17.0. The van der Waals surface area contributed by atoms with Gasteiger partial charge < -0.3 is 25.2 Å². The van der Waals surface area contributed by atoms with Crippen molar-refractivity contribution in [2.75, 3.05) is 19.8 Å². The number of amides is 1. The summed E-state index contributed by atoms with van der Waals surface area (Å²) in [6, 6.07) is 0.159. The molecule has 1 amide bonds. The van der Waals surface area contributed by atoms with Crippen molar-refractivity contribution in [3.05, 3.63) is 0 Å². The van der Waals surface area contributed by atoms with Crippen LogP contribution in [0.4, 0.5) is 4.79 Å². The molecule has 1 aliphatic heterocycles. The van der Waals surface area contributed by atoms with Crippen LogP contribution in [0.1, 0.15) is 52.9 Å². The van der Waals surface area contributed by atoms with Gasteiger partial charge >= 0.3 is 6.09 Å². The molecule has 0 bridgehead atoms. The van der Waals surface area contributed by atoms with Gasteiger partial charge in [0.2, 0.25) is 0 Å². The predicted molar refractivity (Wildman–Crippen MR) is 88.2 cm³/mol. The van der Waals surface area contributed by atoms with E-state index < -0.39 is 5.60 Å². The minimum absolute atomic E-state index is 0.0693. The third-order valence-corrected chi connectivity index (χ3v) is 4.88. The topological polar surface area (TPSA) is 82.0 Å². The Hall–Kier alpha value is -0.850. The zero-order valence-corrected chi connectivity index (χ0v) is 14.6. The lowest BCUT2D eigenvalue weighted by molar-refractivity contribution is 0.0160. The average Bonchev–Trinajstić information content (AvgIpc) is 3.11. The second-order valence-electron chi connectivity index (χ2n) is 7.81. The Bertz CT molecular complexity index is 393. The molecule has 1 saturated heterocycles. The highest BCUT2D eigenvalue weighted by molar-refractivity contribution is 5.69. The quantitative estimate of drug-likeness (QED) is 0.712. The molecule has 1 aliphatic carbocycles. The minimum atomic E-state index is -0.476. The molecule has 6 nitrogen and oxygen atoms in total. The van der Waals surface area contributed by atoms with E-state index in [2.05, 4.69) is 5.32 Å². The van der Waals surface area contributed by atoms with Gasteiger partial charge in [0.05, 0.1) is 19.3 Å². The molecule has 6 heteroatoms. The summed E-state index contributed by atoms with van der Waals surface area (Å²) < 4.78 is 5.56. The first kappa shape index (κ1) is 18.5. The first-order valence-electron chi connectivity index (χ1n) is 8.83. The summed E-state index contributed by atoms with van der Waals surface area (Å²) in [6.07, 6.45) is 5.02. The molecule has 1 saturated carbocycles. The molecule has 2 aliphatic rings. The number of nitrogens with one attached hydrogen (secondary N) is 1.